The highest BCUT2D eigenvalue weighted by atomic mass is 32.1. The van der Waals surface area contributed by atoms with Gasteiger partial charge >= 0.3 is 0 Å². The SMILES string of the molecule is c1ccc(-c2ccc(CCc3cccs3)cc2)cc1. The van der Waals surface area contributed by atoms with Crippen LogP contribution in [0.15, 0.2) is 72.1 Å². The minimum Gasteiger partial charge on any atom is -0.149 e. The average molecular weight is 264 g/mol. The van der Waals surface area contributed by atoms with Crippen LogP contribution in [-0.4, -0.2) is 0 Å². The quantitative estimate of drug-likeness (QED) is 0.607. The molecular weight excluding hydrogens is 248 g/mol. The lowest BCUT2D eigenvalue weighted by Gasteiger charge is -2.04. The van der Waals surface area contributed by atoms with Gasteiger partial charge in [-0.25, -0.2) is 0 Å². The molecule has 0 atom stereocenters. The fraction of sp³-hybridized carbons (Fsp3) is 0.111. The molecule has 0 saturated carbocycles. The maximum atomic E-state index is 2.25. The Morgan fingerprint density at radius 3 is 2.05 bits per heavy atom. The van der Waals surface area contributed by atoms with E-state index in [9.17, 15) is 0 Å². The van der Waals surface area contributed by atoms with Crippen molar-refractivity contribution in [1.29, 1.82) is 0 Å². The fourth-order valence-corrected chi connectivity index (χ4v) is 2.93. The summed E-state index contributed by atoms with van der Waals surface area (Å²) in [4.78, 5) is 1.46. The highest BCUT2D eigenvalue weighted by Gasteiger charge is 1.99. The van der Waals surface area contributed by atoms with Gasteiger partial charge in [-0.2, -0.15) is 0 Å². The summed E-state index contributed by atoms with van der Waals surface area (Å²) in [5.74, 6) is 0. The van der Waals surface area contributed by atoms with E-state index < -0.39 is 0 Å². The first kappa shape index (κ1) is 12.2. The number of hydrogen-bond acceptors (Lipinski definition) is 1. The van der Waals surface area contributed by atoms with E-state index in [0.29, 0.717) is 0 Å². The summed E-state index contributed by atoms with van der Waals surface area (Å²) in [7, 11) is 0. The van der Waals surface area contributed by atoms with Crippen LogP contribution >= 0.6 is 11.3 Å². The Hall–Kier alpha value is -1.86. The number of hydrogen-bond donors (Lipinski definition) is 0. The third kappa shape index (κ3) is 3.12. The maximum Gasteiger partial charge on any atom is 0.00485 e. The molecule has 0 unspecified atom stereocenters. The van der Waals surface area contributed by atoms with E-state index in [-0.39, 0.29) is 0 Å². The van der Waals surface area contributed by atoms with Gasteiger partial charge in [0.05, 0.1) is 0 Å². The maximum absolute atomic E-state index is 2.25. The summed E-state index contributed by atoms with van der Waals surface area (Å²) in [6.45, 7) is 0. The summed E-state index contributed by atoms with van der Waals surface area (Å²) in [6, 6.07) is 23.8. The molecule has 0 spiro atoms. The van der Waals surface area contributed by atoms with Gasteiger partial charge in [0.25, 0.3) is 0 Å². The lowest BCUT2D eigenvalue weighted by atomic mass is 10.0. The molecule has 1 aromatic heterocycles. The molecule has 0 aliphatic heterocycles. The minimum atomic E-state index is 1.12. The highest BCUT2D eigenvalue weighted by Crippen LogP contribution is 2.20. The summed E-state index contributed by atoms with van der Waals surface area (Å²) in [5.41, 5.74) is 3.99. The van der Waals surface area contributed by atoms with Crippen LogP contribution in [0.25, 0.3) is 11.1 Å². The molecule has 1 heteroatoms. The predicted octanol–water partition coefficient (Wildman–Crippen LogP) is 5.20. The molecule has 0 bridgehead atoms. The topological polar surface area (TPSA) is 0 Å². The lowest BCUT2D eigenvalue weighted by molar-refractivity contribution is 0.981. The van der Waals surface area contributed by atoms with Crippen LogP contribution < -0.4 is 0 Å². The van der Waals surface area contributed by atoms with Crippen LogP contribution in [0.2, 0.25) is 0 Å². The van der Waals surface area contributed by atoms with Gasteiger partial charge in [0.15, 0.2) is 0 Å². The van der Waals surface area contributed by atoms with Crippen molar-refractivity contribution in [3.8, 4) is 11.1 Å². The van der Waals surface area contributed by atoms with Crippen LogP contribution in [0, 0.1) is 0 Å². The second-order valence-electron chi connectivity index (χ2n) is 4.64. The van der Waals surface area contributed by atoms with Crippen LogP contribution in [-0.2, 0) is 12.8 Å². The fourth-order valence-electron chi connectivity index (χ4n) is 2.22. The average Bonchev–Trinajstić information content (AvgIpc) is 3.00. The van der Waals surface area contributed by atoms with E-state index in [4.69, 9.17) is 0 Å². The van der Waals surface area contributed by atoms with Gasteiger partial charge in [-0.05, 0) is 41.0 Å². The monoisotopic (exact) mass is 264 g/mol. The standard InChI is InChI=1S/C18H16S/c1-2-5-16(6-3-1)17-11-8-15(9-12-17)10-13-18-7-4-14-19-18/h1-9,11-12,14H,10,13H2. The Morgan fingerprint density at radius 1 is 0.632 bits per heavy atom. The Labute approximate surface area is 118 Å². The molecule has 1 heterocycles. The van der Waals surface area contributed by atoms with Gasteiger partial charge < -0.3 is 0 Å². The first-order valence-corrected chi connectivity index (χ1v) is 7.46. The van der Waals surface area contributed by atoms with Gasteiger partial charge in [-0.15, -0.1) is 11.3 Å². The van der Waals surface area contributed by atoms with Crippen molar-refractivity contribution < 1.29 is 0 Å². The Kier molecular flexibility index (Phi) is 3.75. The van der Waals surface area contributed by atoms with Gasteiger partial charge in [0, 0.05) is 4.88 Å². The Balaban J connectivity index is 1.69. The molecule has 3 aromatic rings. The first-order valence-electron chi connectivity index (χ1n) is 6.58. The molecule has 0 saturated heterocycles. The first-order chi connectivity index (χ1) is 9.42. The van der Waals surface area contributed by atoms with E-state index in [0.717, 1.165) is 12.8 Å². The number of benzene rings is 2. The number of aryl methyl sites for hydroxylation is 2. The smallest absolute Gasteiger partial charge is 0.00485 e. The molecule has 94 valence electrons. The van der Waals surface area contributed by atoms with E-state index in [2.05, 4.69) is 72.1 Å². The van der Waals surface area contributed by atoms with Crippen molar-refractivity contribution in [2.45, 2.75) is 12.8 Å². The van der Waals surface area contributed by atoms with Crippen molar-refractivity contribution in [2.75, 3.05) is 0 Å². The number of thiophene rings is 1. The molecule has 0 N–H and O–H groups in total. The minimum absolute atomic E-state index is 1.12. The lowest BCUT2D eigenvalue weighted by Crippen LogP contribution is -1.88. The van der Waals surface area contributed by atoms with Gasteiger partial charge in [0.1, 0.15) is 0 Å². The summed E-state index contributed by atoms with van der Waals surface area (Å²) < 4.78 is 0. The second kappa shape index (κ2) is 5.85. The third-order valence-corrected chi connectivity index (χ3v) is 4.24. The molecule has 19 heavy (non-hydrogen) atoms. The molecule has 0 amide bonds. The second-order valence-corrected chi connectivity index (χ2v) is 5.67. The molecule has 0 aliphatic carbocycles. The van der Waals surface area contributed by atoms with Crippen LogP contribution in [0.1, 0.15) is 10.4 Å². The van der Waals surface area contributed by atoms with E-state index >= 15 is 0 Å². The summed E-state index contributed by atoms with van der Waals surface area (Å²) >= 11 is 1.84. The predicted molar refractivity (Wildman–Crippen MR) is 83.6 cm³/mol. The van der Waals surface area contributed by atoms with Gasteiger partial charge in [0.2, 0.25) is 0 Å². The highest BCUT2D eigenvalue weighted by molar-refractivity contribution is 7.09. The van der Waals surface area contributed by atoms with Gasteiger partial charge in [-0.1, -0.05) is 60.7 Å². The summed E-state index contributed by atoms with van der Waals surface area (Å²) in [6.07, 6.45) is 2.26. The van der Waals surface area contributed by atoms with Crippen LogP contribution in [0.5, 0.6) is 0 Å². The molecular formula is C18H16S. The Morgan fingerprint density at radius 2 is 1.37 bits per heavy atom. The summed E-state index contributed by atoms with van der Waals surface area (Å²) in [5, 5.41) is 2.15. The molecule has 2 aromatic carbocycles. The molecule has 0 fully saturated rings. The van der Waals surface area contributed by atoms with Crippen molar-refractivity contribution in [3.63, 3.8) is 0 Å². The van der Waals surface area contributed by atoms with Crippen molar-refractivity contribution in [2.24, 2.45) is 0 Å². The zero-order chi connectivity index (χ0) is 12.9. The van der Waals surface area contributed by atoms with Crippen molar-refractivity contribution in [1.82, 2.24) is 0 Å². The van der Waals surface area contributed by atoms with Gasteiger partial charge in [-0.3, -0.25) is 0 Å². The van der Waals surface area contributed by atoms with Crippen molar-refractivity contribution in [3.05, 3.63) is 82.6 Å². The number of rotatable bonds is 4. The van der Waals surface area contributed by atoms with E-state index in [1.54, 1.807) is 0 Å². The van der Waals surface area contributed by atoms with E-state index in [1.165, 1.54) is 21.6 Å². The molecule has 0 aliphatic rings. The third-order valence-electron chi connectivity index (χ3n) is 3.30. The largest absolute Gasteiger partial charge is 0.149 e. The zero-order valence-electron chi connectivity index (χ0n) is 10.8. The molecule has 3 rings (SSSR count). The normalized spacial score (nSPS) is 10.5. The van der Waals surface area contributed by atoms with Crippen molar-refractivity contribution >= 4 is 11.3 Å². The molecule has 0 nitrogen and oxygen atoms in total. The van der Waals surface area contributed by atoms with E-state index in [1.807, 2.05) is 11.3 Å². The van der Waals surface area contributed by atoms with Crippen LogP contribution in [0.3, 0.4) is 0 Å². The van der Waals surface area contributed by atoms with Crippen LogP contribution in [0.4, 0.5) is 0 Å². The Bertz CT molecular complexity index is 607. The molecule has 0 radical (unpaired) electrons. The zero-order valence-corrected chi connectivity index (χ0v) is 11.6.